The number of ether oxygens (including phenoxy) is 2. The van der Waals surface area contributed by atoms with Crippen molar-refractivity contribution in [3.05, 3.63) is 24.3 Å². The first-order valence-electron chi connectivity index (χ1n) is 7.76. The zero-order valence-electron chi connectivity index (χ0n) is 13.7. The molecule has 0 amide bonds. The van der Waals surface area contributed by atoms with E-state index in [1.807, 2.05) is 24.3 Å². The summed E-state index contributed by atoms with van der Waals surface area (Å²) in [7, 11) is 1.67. The Morgan fingerprint density at radius 2 is 1.90 bits per heavy atom. The summed E-state index contributed by atoms with van der Waals surface area (Å²) < 4.78 is 10.9. The minimum absolute atomic E-state index is 0.229. The fraction of sp³-hybridized carbons (Fsp3) is 0.647. The van der Waals surface area contributed by atoms with Gasteiger partial charge in [-0.2, -0.15) is 0 Å². The van der Waals surface area contributed by atoms with E-state index in [1.54, 1.807) is 7.11 Å². The third kappa shape index (κ3) is 4.61. The second kappa shape index (κ2) is 7.14. The van der Waals surface area contributed by atoms with Crippen molar-refractivity contribution in [2.24, 2.45) is 0 Å². The summed E-state index contributed by atoms with van der Waals surface area (Å²) in [6.45, 7) is 10.8. The fourth-order valence-corrected chi connectivity index (χ4v) is 2.69. The maximum atomic E-state index is 5.79. The normalized spacial score (nSPS) is 22.0. The van der Waals surface area contributed by atoms with Gasteiger partial charge in [0.05, 0.1) is 13.7 Å². The van der Waals surface area contributed by atoms with Crippen LogP contribution in [0.2, 0.25) is 0 Å². The maximum absolute atomic E-state index is 5.79. The average Bonchev–Trinajstić information content (AvgIpc) is 2.48. The lowest BCUT2D eigenvalue weighted by Crippen LogP contribution is -2.61. The van der Waals surface area contributed by atoms with Crippen molar-refractivity contribution in [2.45, 2.75) is 38.8 Å². The summed E-state index contributed by atoms with van der Waals surface area (Å²) in [5, 5.41) is 3.54. The lowest BCUT2D eigenvalue weighted by atomic mass is 9.97. The minimum Gasteiger partial charge on any atom is -0.497 e. The lowest BCUT2D eigenvalue weighted by molar-refractivity contribution is 0.0649. The third-order valence-electron chi connectivity index (χ3n) is 4.13. The van der Waals surface area contributed by atoms with Crippen molar-refractivity contribution in [1.29, 1.82) is 0 Å². The van der Waals surface area contributed by atoms with Gasteiger partial charge in [-0.1, -0.05) is 0 Å². The summed E-state index contributed by atoms with van der Waals surface area (Å²) >= 11 is 0. The molecule has 4 heteroatoms. The van der Waals surface area contributed by atoms with Crippen LogP contribution in [0.25, 0.3) is 0 Å². The van der Waals surface area contributed by atoms with Crippen LogP contribution < -0.4 is 14.8 Å². The van der Waals surface area contributed by atoms with Gasteiger partial charge in [0, 0.05) is 31.2 Å². The molecule has 118 valence electrons. The third-order valence-corrected chi connectivity index (χ3v) is 4.13. The number of nitrogens with zero attached hydrogens (tertiary/aromatic N) is 1. The molecule has 0 aromatic heterocycles. The Hall–Kier alpha value is -1.26. The number of hydrogen-bond donors (Lipinski definition) is 1. The second-order valence-corrected chi connectivity index (χ2v) is 6.42. The van der Waals surface area contributed by atoms with Crippen molar-refractivity contribution in [1.82, 2.24) is 10.2 Å². The molecule has 0 aliphatic carbocycles. The lowest BCUT2D eigenvalue weighted by Gasteiger charge is -2.45. The number of nitrogens with one attached hydrogen (secondary N) is 1. The van der Waals surface area contributed by atoms with Crippen molar-refractivity contribution in [2.75, 3.05) is 33.4 Å². The molecule has 1 saturated heterocycles. The number of piperazine rings is 1. The highest BCUT2D eigenvalue weighted by Crippen LogP contribution is 2.20. The van der Waals surface area contributed by atoms with E-state index in [4.69, 9.17) is 9.47 Å². The van der Waals surface area contributed by atoms with Crippen molar-refractivity contribution >= 4 is 0 Å². The van der Waals surface area contributed by atoms with Gasteiger partial charge < -0.3 is 14.8 Å². The number of benzene rings is 1. The van der Waals surface area contributed by atoms with Gasteiger partial charge in [0.25, 0.3) is 0 Å². The van der Waals surface area contributed by atoms with E-state index in [0.29, 0.717) is 6.04 Å². The molecule has 1 atom stereocenters. The van der Waals surface area contributed by atoms with Gasteiger partial charge in [-0.25, -0.2) is 0 Å². The molecular formula is C17H28N2O2. The molecule has 1 aliphatic heterocycles. The molecule has 1 N–H and O–H groups in total. The molecule has 1 heterocycles. The molecule has 21 heavy (non-hydrogen) atoms. The van der Waals surface area contributed by atoms with Crippen molar-refractivity contribution < 1.29 is 9.47 Å². The monoisotopic (exact) mass is 292 g/mol. The molecule has 4 nitrogen and oxygen atoms in total. The Balaban J connectivity index is 1.73. The van der Waals surface area contributed by atoms with E-state index in [1.165, 1.54) is 0 Å². The van der Waals surface area contributed by atoms with E-state index >= 15 is 0 Å². The molecule has 2 rings (SSSR count). The van der Waals surface area contributed by atoms with Crippen LogP contribution >= 0.6 is 0 Å². The molecule has 1 aromatic carbocycles. The highest BCUT2D eigenvalue weighted by atomic mass is 16.5. The van der Waals surface area contributed by atoms with Gasteiger partial charge in [-0.3, -0.25) is 4.90 Å². The SMILES string of the molecule is COc1ccc(OCCCN2CC(C)NCC2(C)C)cc1. The van der Waals surface area contributed by atoms with Gasteiger partial charge in [0.2, 0.25) is 0 Å². The maximum Gasteiger partial charge on any atom is 0.119 e. The zero-order valence-corrected chi connectivity index (χ0v) is 13.7. The molecule has 0 spiro atoms. The highest BCUT2D eigenvalue weighted by molar-refractivity contribution is 5.31. The van der Waals surface area contributed by atoms with Crippen LogP contribution in [0.15, 0.2) is 24.3 Å². The quantitative estimate of drug-likeness (QED) is 0.817. The number of hydrogen-bond acceptors (Lipinski definition) is 4. The van der Waals surface area contributed by atoms with Crippen molar-refractivity contribution in [3.63, 3.8) is 0 Å². The van der Waals surface area contributed by atoms with Crippen molar-refractivity contribution in [3.8, 4) is 11.5 Å². The summed E-state index contributed by atoms with van der Waals surface area (Å²) in [6, 6.07) is 8.33. The minimum atomic E-state index is 0.229. The Labute approximate surface area is 128 Å². The van der Waals surface area contributed by atoms with Crippen LogP contribution in [-0.2, 0) is 0 Å². The molecule has 1 unspecified atom stereocenters. The van der Waals surface area contributed by atoms with Gasteiger partial charge in [-0.15, -0.1) is 0 Å². The van der Waals surface area contributed by atoms with Crippen LogP contribution in [-0.4, -0.2) is 49.8 Å². The predicted octanol–water partition coefficient (Wildman–Crippen LogP) is 2.54. The summed E-state index contributed by atoms with van der Waals surface area (Å²) in [4.78, 5) is 2.56. The van der Waals surface area contributed by atoms with Crippen LogP contribution in [0.5, 0.6) is 11.5 Å². The second-order valence-electron chi connectivity index (χ2n) is 6.42. The first-order valence-corrected chi connectivity index (χ1v) is 7.76. The summed E-state index contributed by atoms with van der Waals surface area (Å²) in [6.07, 6.45) is 1.04. The molecule has 1 aliphatic rings. The average molecular weight is 292 g/mol. The van der Waals surface area contributed by atoms with E-state index in [2.05, 4.69) is 31.0 Å². The Kier molecular flexibility index (Phi) is 5.48. The Morgan fingerprint density at radius 1 is 1.24 bits per heavy atom. The Morgan fingerprint density at radius 3 is 2.57 bits per heavy atom. The predicted molar refractivity (Wildman–Crippen MR) is 86.2 cm³/mol. The van der Waals surface area contributed by atoms with Crippen LogP contribution in [0.4, 0.5) is 0 Å². The van der Waals surface area contributed by atoms with E-state index < -0.39 is 0 Å². The van der Waals surface area contributed by atoms with Gasteiger partial charge in [0.15, 0.2) is 0 Å². The molecule has 1 fully saturated rings. The molecule has 0 saturated carbocycles. The first kappa shape index (κ1) is 16.1. The number of methoxy groups -OCH3 is 1. The van der Waals surface area contributed by atoms with Crippen LogP contribution in [0.3, 0.4) is 0 Å². The Bertz CT molecular complexity index is 431. The molecule has 1 aromatic rings. The highest BCUT2D eigenvalue weighted by Gasteiger charge is 2.31. The van der Waals surface area contributed by atoms with E-state index in [9.17, 15) is 0 Å². The van der Waals surface area contributed by atoms with Crippen LogP contribution in [0.1, 0.15) is 27.2 Å². The summed E-state index contributed by atoms with van der Waals surface area (Å²) in [5.74, 6) is 1.77. The fourth-order valence-electron chi connectivity index (χ4n) is 2.69. The zero-order chi connectivity index (χ0) is 15.3. The molecule has 0 bridgehead atoms. The van der Waals surface area contributed by atoms with Gasteiger partial charge in [0.1, 0.15) is 11.5 Å². The van der Waals surface area contributed by atoms with Gasteiger partial charge >= 0.3 is 0 Å². The van der Waals surface area contributed by atoms with Gasteiger partial charge in [-0.05, 0) is 51.5 Å². The smallest absolute Gasteiger partial charge is 0.119 e. The molecular weight excluding hydrogens is 264 g/mol. The topological polar surface area (TPSA) is 33.7 Å². The van der Waals surface area contributed by atoms with E-state index in [-0.39, 0.29) is 5.54 Å². The van der Waals surface area contributed by atoms with Crippen LogP contribution in [0, 0.1) is 0 Å². The standard InChI is InChI=1S/C17H28N2O2/c1-14-12-19(17(2,3)13-18-14)10-5-11-21-16-8-6-15(20-4)7-9-16/h6-9,14,18H,5,10-13H2,1-4H3. The number of rotatable bonds is 6. The summed E-state index contributed by atoms with van der Waals surface area (Å²) in [5.41, 5.74) is 0.229. The van der Waals surface area contributed by atoms with E-state index in [0.717, 1.165) is 44.2 Å². The first-order chi connectivity index (χ1) is 10.0. The molecule has 0 radical (unpaired) electrons. The largest absolute Gasteiger partial charge is 0.497 e.